The largest absolute Gasteiger partial charge is 0.493 e. The van der Waals surface area contributed by atoms with Crippen LogP contribution in [-0.2, 0) is 16.6 Å². The zero-order valence-electron chi connectivity index (χ0n) is 21.1. The summed E-state index contributed by atoms with van der Waals surface area (Å²) < 4.78 is 36.9. The molecule has 3 aromatic rings. The molecule has 0 unspecified atom stereocenters. The van der Waals surface area contributed by atoms with Crippen LogP contribution in [0, 0.1) is 6.92 Å². The lowest BCUT2D eigenvalue weighted by molar-refractivity contribution is 0.0955. The fourth-order valence-corrected chi connectivity index (χ4v) is 4.47. The van der Waals surface area contributed by atoms with Crippen LogP contribution in [-0.4, -0.2) is 40.5 Å². The Balaban J connectivity index is 1.77. The van der Waals surface area contributed by atoms with E-state index in [2.05, 4.69) is 10.5 Å². The topological polar surface area (TPSA) is 97.3 Å². The van der Waals surface area contributed by atoms with Gasteiger partial charge in [-0.15, -0.1) is 0 Å². The molecule has 3 rings (SSSR count). The molecule has 0 saturated heterocycles. The lowest BCUT2D eigenvalue weighted by atomic mass is 10.1. The van der Waals surface area contributed by atoms with Crippen LogP contribution in [0.4, 0.5) is 5.69 Å². The van der Waals surface area contributed by atoms with Gasteiger partial charge in [-0.25, -0.2) is 13.8 Å². The average molecular weight is 510 g/mol. The molecule has 0 radical (unpaired) electrons. The van der Waals surface area contributed by atoms with E-state index in [1.165, 1.54) is 4.31 Å². The number of sulfonamides is 1. The van der Waals surface area contributed by atoms with Crippen LogP contribution in [0.25, 0.3) is 0 Å². The molecule has 1 amide bonds. The van der Waals surface area contributed by atoms with Crippen molar-refractivity contribution in [3.63, 3.8) is 0 Å². The number of nitrogens with one attached hydrogen (secondary N) is 1. The molecular formula is C27H31N3O5S. The Hall–Kier alpha value is -3.85. The van der Waals surface area contributed by atoms with Crippen LogP contribution >= 0.6 is 0 Å². The predicted molar refractivity (Wildman–Crippen MR) is 142 cm³/mol. The van der Waals surface area contributed by atoms with Gasteiger partial charge in [-0.3, -0.25) is 9.10 Å². The van der Waals surface area contributed by atoms with Crippen molar-refractivity contribution >= 4 is 27.3 Å². The van der Waals surface area contributed by atoms with Crippen molar-refractivity contribution in [3.8, 4) is 11.5 Å². The number of nitrogens with zero attached hydrogens (tertiary/aromatic N) is 2. The molecule has 0 spiro atoms. The minimum absolute atomic E-state index is 0.195. The third-order valence-electron chi connectivity index (χ3n) is 5.61. The van der Waals surface area contributed by atoms with Gasteiger partial charge in [-0.2, -0.15) is 5.10 Å². The van der Waals surface area contributed by atoms with Crippen LogP contribution in [0.3, 0.4) is 0 Å². The highest BCUT2D eigenvalue weighted by Gasteiger charge is 2.18. The van der Waals surface area contributed by atoms with Gasteiger partial charge in [-0.05, 0) is 61.4 Å². The Morgan fingerprint density at radius 3 is 2.08 bits per heavy atom. The number of amides is 1. The van der Waals surface area contributed by atoms with E-state index in [-0.39, 0.29) is 6.54 Å². The van der Waals surface area contributed by atoms with E-state index >= 15 is 0 Å². The van der Waals surface area contributed by atoms with E-state index in [0.717, 1.165) is 22.9 Å². The summed E-state index contributed by atoms with van der Waals surface area (Å²) in [6.45, 7) is 4.10. The van der Waals surface area contributed by atoms with Crippen LogP contribution in [0.1, 0.15) is 40.4 Å². The summed E-state index contributed by atoms with van der Waals surface area (Å²) in [6.07, 6.45) is 1.74. The molecule has 8 nitrogen and oxygen atoms in total. The van der Waals surface area contributed by atoms with Gasteiger partial charge in [-0.1, -0.05) is 36.8 Å². The minimum atomic E-state index is -3.53. The molecule has 0 aliphatic rings. The number of benzene rings is 3. The molecule has 9 heteroatoms. The molecule has 190 valence electrons. The van der Waals surface area contributed by atoms with Gasteiger partial charge in [0.2, 0.25) is 10.0 Å². The molecule has 0 bridgehead atoms. The Morgan fingerprint density at radius 2 is 1.53 bits per heavy atom. The number of methoxy groups -OCH3 is 2. The van der Waals surface area contributed by atoms with Gasteiger partial charge in [0.25, 0.3) is 5.91 Å². The van der Waals surface area contributed by atoms with Crippen LogP contribution in [0.15, 0.2) is 71.8 Å². The summed E-state index contributed by atoms with van der Waals surface area (Å²) >= 11 is 0. The molecule has 0 heterocycles. The smallest absolute Gasteiger partial charge is 0.271 e. The second-order valence-electron chi connectivity index (χ2n) is 8.22. The lowest BCUT2D eigenvalue weighted by Crippen LogP contribution is -2.29. The van der Waals surface area contributed by atoms with Gasteiger partial charge in [0.1, 0.15) is 0 Å². The summed E-state index contributed by atoms with van der Waals surface area (Å²) in [4.78, 5) is 12.7. The molecule has 36 heavy (non-hydrogen) atoms. The quantitative estimate of drug-likeness (QED) is 0.320. The van der Waals surface area contributed by atoms with Gasteiger partial charge < -0.3 is 9.47 Å². The molecule has 3 aromatic carbocycles. The maximum Gasteiger partial charge on any atom is 0.271 e. The van der Waals surface area contributed by atoms with Crippen molar-refractivity contribution in [3.05, 3.63) is 89.0 Å². The first-order valence-electron chi connectivity index (χ1n) is 11.4. The van der Waals surface area contributed by atoms with E-state index in [9.17, 15) is 13.2 Å². The highest BCUT2D eigenvalue weighted by molar-refractivity contribution is 7.92. The Labute approximate surface area is 212 Å². The SMILES string of the molecule is CC/C(=N/NC(=O)c1ccc(N(Cc2ccc(C)cc2)S(C)(=O)=O)cc1)c1ccc(OC)c(OC)c1. The number of carbonyl (C=O) groups is 1. The van der Waals surface area contributed by atoms with Crippen molar-refractivity contribution in [1.29, 1.82) is 0 Å². The molecule has 1 N–H and O–H groups in total. The summed E-state index contributed by atoms with van der Waals surface area (Å²) in [5.41, 5.74) is 6.84. The summed E-state index contributed by atoms with van der Waals surface area (Å²) in [7, 11) is -0.412. The third-order valence-corrected chi connectivity index (χ3v) is 6.75. The van der Waals surface area contributed by atoms with E-state index in [0.29, 0.717) is 34.9 Å². The Morgan fingerprint density at radius 1 is 0.917 bits per heavy atom. The van der Waals surface area contributed by atoms with E-state index in [1.54, 1.807) is 50.6 Å². The molecular weight excluding hydrogens is 478 g/mol. The van der Waals surface area contributed by atoms with Crippen LogP contribution in [0.5, 0.6) is 11.5 Å². The highest BCUT2D eigenvalue weighted by Crippen LogP contribution is 2.28. The normalized spacial score (nSPS) is 11.6. The minimum Gasteiger partial charge on any atom is -0.493 e. The second kappa shape index (κ2) is 11.7. The zero-order chi connectivity index (χ0) is 26.3. The first-order valence-corrected chi connectivity index (χ1v) is 13.2. The fraction of sp³-hybridized carbons (Fsp3) is 0.259. The molecule has 0 atom stereocenters. The predicted octanol–water partition coefficient (Wildman–Crippen LogP) is 4.52. The lowest BCUT2D eigenvalue weighted by Gasteiger charge is -2.23. The van der Waals surface area contributed by atoms with Gasteiger partial charge in [0, 0.05) is 11.1 Å². The average Bonchev–Trinajstić information content (AvgIpc) is 2.87. The number of hydrazone groups is 1. The maximum atomic E-state index is 12.7. The summed E-state index contributed by atoms with van der Waals surface area (Å²) in [5.74, 6) is 0.767. The number of ether oxygens (including phenoxy) is 2. The van der Waals surface area contributed by atoms with Gasteiger partial charge >= 0.3 is 0 Å². The van der Waals surface area contributed by atoms with Gasteiger partial charge in [0.15, 0.2) is 11.5 Å². The number of hydrogen-bond acceptors (Lipinski definition) is 6. The molecule has 0 aliphatic carbocycles. The van der Waals surface area contributed by atoms with Crippen molar-refractivity contribution in [2.24, 2.45) is 5.10 Å². The molecule has 0 saturated carbocycles. The number of hydrogen-bond donors (Lipinski definition) is 1. The number of carbonyl (C=O) groups excluding carboxylic acids is 1. The molecule has 0 aromatic heterocycles. The standard InChI is InChI=1S/C27H31N3O5S/c1-6-24(22-13-16-25(34-3)26(17-22)35-4)28-29-27(31)21-11-14-23(15-12-21)30(36(5,32)33)18-20-9-7-19(2)8-10-20/h7-17H,6,18H2,1-5H3,(H,29,31)/b28-24-. The number of anilines is 1. The first kappa shape index (κ1) is 26.7. The van der Waals surface area contributed by atoms with Crippen molar-refractivity contribution < 1.29 is 22.7 Å². The van der Waals surface area contributed by atoms with Crippen molar-refractivity contribution in [1.82, 2.24) is 5.43 Å². The third kappa shape index (κ3) is 6.63. The molecule has 0 fully saturated rings. The Kier molecular flexibility index (Phi) is 8.71. The Bertz CT molecular complexity index is 1330. The summed E-state index contributed by atoms with van der Waals surface area (Å²) in [6, 6.07) is 19.5. The van der Waals surface area contributed by atoms with Gasteiger partial charge in [0.05, 0.1) is 38.4 Å². The number of rotatable bonds is 10. The zero-order valence-corrected chi connectivity index (χ0v) is 21.9. The molecule has 0 aliphatic heterocycles. The van der Waals surface area contributed by atoms with Crippen LogP contribution < -0.4 is 19.2 Å². The van der Waals surface area contributed by atoms with E-state index in [4.69, 9.17) is 9.47 Å². The fourth-order valence-electron chi connectivity index (χ4n) is 3.58. The first-order chi connectivity index (χ1) is 17.2. The maximum absolute atomic E-state index is 12.7. The summed E-state index contributed by atoms with van der Waals surface area (Å²) in [5, 5.41) is 4.29. The monoisotopic (exact) mass is 509 g/mol. The number of aryl methyl sites for hydroxylation is 1. The van der Waals surface area contributed by atoms with Crippen LogP contribution in [0.2, 0.25) is 0 Å². The van der Waals surface area contributed by atoms with Crippen molar-refractivity contribution in [2.75, 3.05) is 24.8 Å². The van der Waals surface area contributed by atoms with E-state index in [1.807, 2.05) is 44.2 Å². The van der Waals surface area contributed by atoms with Crippen molar-refractivity contribution in [2.45, 2.75) is 26.8 Å². The van der Waals surface area contributed by atoms with E-state index < -0.39 is 15.9 Å². The highest BCUT2D eigenvalue weighted by atomic mass is 32.2. The second-order valence-corrected chi connectivity index (χ2v) is 10.1.